The molecule has 0 atom stereocenters. The second-order valence-corrected chi connectivity index (χ2v) is 6.02. The molecule has 3 aromatic rings. The number of nitrogens with one attached hydrogen (secondary N) is 1. The average molecular weight is 349 g/mol. The van der Waals surface area contributed by atoms with Crippen molar-refractivity contribution in [3.05, 3.63) is 77.5 Å². The van der Waals surface area contributed by atoms with Crippen LogP contribution in [0.25, 0.3) is 11.3 Å². The molecule has 0 saturated carbocycles. The highest BCUT2D eigenvalue weighted by Gasteiger charge is 2.13. The summed E-state index contributed by atoms with van der Waals surface area (Å²) in [5, 5.41) is 6.62. The fraction of sp³-hybridized carbons (Fsp3) is 0.150. The summed E-state index contributed by atoms with van der Waals surface area (Å²) in [7, 11) is 3.41. The highest BCUT2D eigenvalue weighted by Crippen LogP contribution is 2.19. The molecule has 0 fully saturated rings. The predicted molar refractivity (Wildman–Crippen MR) is 97.6 cm³/mol. The van der Waals surface area contributed by atoms with Gasteiger partial charge in [-0.05, 0) is 17.7 Å². The summed E-state index contributed by atoms with van der Waals surface area (Å²) < 4.78 is 5.24. The van der Waals surface area contributed by atoms with Gasteiger partial charge in [-0.15, -0.1) is 0 Å². The molecule has 0 radical (unpaired) electrons. The van der Waals surface area contributed by atoms with Crippen LogP contribution in [0.4, 0.5) is 0 Å². The topological polar surface area (TPSA) is 75.4 Å². The van der Waals surface area contributed by atoms with Crippen molar-refractivity contribution in [2.45, 2.75) is 6.54 Å². The van der Waals surface area contributed by atoms with E-state index in [0.717, 1.165) is 11.1 Å². The minimum absolute atomic E-state index is 0.0587. The van der Waals surface area contributed by atoms with E-state index in [2.05, 4.69) is 10.5 Å². The van der Waals surface area contributed by atoms with Gasteiger partial charge in [-0.3, -0.25) is 9.59 Å². The first-order valence-corrected chi connectivity index (χ1v) is 8.15. The molecule has 0 bridgehead atoms. The predicted octanol–water partition coefficient (Wildman–Crippen LogP) is 2.97. The van der Waals surface area contributed by atoms with E-state index in [-0.39, 0.29) is 17.5 Å². The molecule has 0 aliphatic heterocycles. The van der Waals surface area contributed by atoms with Gasteiger partial charge in [0.25, 0.3) is 11.8 Å². The minimum Gasteiger partial charge on any atom is -0.355 e. The molecule has 0 saturated heterocycles. The molecule has 2 amide bonds. The molecular formula is C20H19N3O3. The molecule has 1 aromatic heterocycles. The lowest BCUT2D eigenvalue weighted by Gasteiger charge is -2.10. The number of carbonyl (C=O) groups excluding carboxylic acids is 2. The Labute approximate surface area is 151 Å². The van der Waals surface area contributed by atoms with Crippen LogP contribution in [-0.2, 0) is 6.54 Å². The molecule has 1 heterocycles. The van der Waals surface area contributed by atoms with Crippen molar-refractivity contribution in [2.75, 3.05) is 14.1 Å². The quantitative estimate of drug-likeness (QED) is 0.768. The summed E-state index contributed by atoms with van der Waals surface area (Å²) in [4.78, 5) is 25.6. The first-order chi connectivity index (χ1) is 12.5. The van der Waals surface area contributed by atoms with Gasteiger partial charge in [-0.25, -0.2) is 0 Å². The van der Waals surface area contributed by atoms with E-state index in [1.807, 2.05) is 42.5 Å². The number of nitrogens with zero attached hydrogens (tertiary/aromatic N) is 2. The van der Waals surface area contributed by atoms with Gasteiger partial charge >= 0.3 is 0 Å². The third-order valence-electron chi connectivity index (χ3n) is 3.86. The van der Waals surface area contributed by atoms with E-state index >= 15 is 0 Å². The zero-order valence-corrected chi connectivity index (χ0v) is 14.6. The van der Waals surface area contributed by atoms with Crippen molar-refractivity contribution in [2.24, 2.45) is 0 Å². The van der Waals surface area contributed by atoms with E-state index in [1.165, 1.54) is 4.90 Å². The van der Waals surface area contributed by atoms with Gasteiger partial charge in [-0.1, -0.05) is 47.6 Å². The number of carbonyl (C=O) groups is 2. The lowest BCUT2D eigenvalue weighted by Crippen LogP contribution is -2.23. The van der Waals surface area contributed by atoms with E-state index in [4.69, 9.17) is 4.52 Å². The van der Waals surface area contributed by atoms with Crippen molar-refractivity contribution in [1.82, 2.24) is 15.4 Å². The fourth-order valence-corrected chi connectivity index (χ4v) is 2.42. The molecule has 0 aliphatic carbocycles. The molecular weight excluding hydrogens is 330 g/mol. The lowest BCUT2D eigenvalue weighted by molar-refractivity contribution is 0.0827. The van der Waals surface area contributed by atoms with Crippen molar-refractivity contribution in [3.8, 4) is 11.3 Å². The van der Waals surface area contributed by atoms with Crippen molar-refractivity contribution >= 4 is 11.8 Å². The van der Waals surface area contributed by atoms with Crippen LogP contribution in [0, 0.1) is 0 Å². The Morgan fingerprint density at radius 2 is 1.73 bits per heavy atom. The Morgan fingerprint density at radius 1 is 1.04 bits per heavy atom. The third-order valence-corrected chi connectivity index (χ3v) is 3.86. The number of rotatable bonds is 5. The first-order valence-electron chi connectivity index (χ1n) is 8.15. The zero-order valence-electron chi connectivity index (χ0n) is 14.6. The number of hydrogen-bond acceptors (Lipinski definition) is 4. The summed E-state index contributed by atoms with van der Waals surface area (Å²) in [6, 6.07) is 18.2. The second kappa shape index (κ2) is 7.65. The summed E-state index contributed by atoms with van der Waals surface area (Å²) in [6.45, 7) is 0.336. The van der Waals surface area contributed by atoms with Crippen molar-refractivity contribution in [1.29, 1.82) is 0 Å². The molecule has 2 aromatic carbocycles. The monoisotopic (exact) mass is 349 g/mol. The van der Waals surface area contributed by atoms with Gasteiger partial charge in [0, 0.05) is 37.8 Å². The highest BCUT2D eigenvalue weighted by atomic mass is 16.5. The van der Waals surface area contributed by atoms with E-state index < -0.39 is 0 Å². The molecule has 0 spiro atoms. The summed E-state index contributed by atoms with van der Waals surface area (Å²) in [6.07, 6.45) is 0. The minimum atomic E-state index is -0.315. The maximum Gasteiger partial charge on any atom is 0.273 e. The van der Waals surface area contributed by atoms with E-state index in [1.54, 1.807) is 32.3 Å². The van der Waals surface area contributed by atoms with Gasteiger partial charge in [-0.2, -0.15) is 0 Å². The Balaban J connectivity index is 1.61. The SMILES string of the molecule is CN(C)C(=O)c1ccc(CNC(=O)c2cc(-c3ccccc3)on2)cc1. The first kappa shape index (κ1) is 17.4. The van der Waals surface area contributed by atoms with Crippen LogP contribution in [0.2, 0.25) is 0 Å². The van der Waals surface area contributed by atoms with Crippen LogP contribution in [-0.4, -0.2) is 36.0 Å². The Bertz CT molecular complexity index is 900. The smallest absolute Gasteiger partial charge is 0.273 e. The van der Waals surface area contributed by atoms with Gasteiger partial charge in [0.05, 0.1) is 0 Å². The number of aromatic nitrogens is 1. The maximum atomic E-state index is 12.2. The van der Waals surface area contributed by atoms with Crippen LogP contribution in [0.5, 0.6) is 0 Å². The van der Waals surface area contributed by atoms with Gasteiger partial charge in [0.1, 0.15) is 0 Å². The Hall–Kier alpha value is -3.41. The summed E-state index contributed by atoms with van der Waals surface area (Å²) in [5.41, 5.74) is 2.58. The number of amides is 2. The van der Waals surface area contributed by atoms with E-state index in [0.29, 0.717) is 17.9 Å². The van der Waals surface area contributed by atoms with Crippen LogP contribution < -0.4 is 5.32 Å². The summed E-state index contributed by atoms with van der Waals surface area (Å²) >= 11 is 0. The van der Waals surface area contributed by atoms with Gasteiger partial charge in [0.15, 0.2) is 11.5 Å². The van der Waals surface area contributed by atoms with Crippen molar-refractivity contribution in [3.63, 3.8) is 0 Å². The van der Waals surface area contributed by atoms with Crippen LogP contribution in [0.3, 0.4) is 0 Å². The standard InChI is InChI=1S/C20H19N3O3/c1-23(2)20(25)16-10-8-14(9-11-16)13-21-19(24)17-12-18(26-22-17)15-6-4-3-5-7-15/h3-12H,13H2,1-2H3,(H,21,24). The molecule has 26 heavy (non-hydrogen) atoms. The van der Waals surface area contributed by atoms with Gasteiger partial charge < -0.3 is 14.7 Å². The van der Waals surface area contributed by atoms with Crippen LogP contribution in [0.1, 0.15) is 26.4 Å². The molecule has 132 valence electrons. The van der Waals surface area contributed by atoms with Gasteiger partial charge in [0.2, 0.25) is 0 Å². The number of hydrogen-bond donors (Lipinski definition) is 1. The Kier molecular flexibility index (Phi) is 5.12. The largest absolute Gasteiger partial charge is 0.355 e. The van der Waals surface area contributed by atoms with Crippen LogP contribution >= 0.6 is 0 Å². The van der Waals surface area contributed by atoms with Crippen LogP contribution in [0.15, 0.2) is 65.2 Å². The van der Waals surface area contributed by atoms with Crippen molar-refractivity contribution < 1.29 is 14.1 Å². The molecule has 1 N–H and O–H groups in total. The molecule has 0 aliphatic rings. The normalized spacial score (nSPS) is 10.4. The Morgan fingerprint density at radius 3 is 2.38 bits per heavy atom. The average Bonchev–Trinajstić information content (AvgIpc) is 3.17. The molecule has 6 heteroatoms. The third kappa shape index (κ3) is 3.97. The highest BCUT2D eigenvalue weighted by molar-refractivity contribution is 5.94. The fourth-order valence-electron chi connectivity index (χ4n) is 2.42. The maximum absolute atomic E-state index is 12.2. The number of benzene rings is 2. The molecule has 3 rings (SSSR count). The van der Waals surface area contributed by atoms with E-state index in [9.17, 15) is 9.59 Å². The molecule has 0 unspecified atom stereocenters. The molecule has 6 nitrogen and oxygen atoms in total. The second-order valence-electron chi connectivity index (χ2n) is 6.02. The zero-order chi connectivity index (χ0) is 18.5. The summed E-state index contributed by atoms with van der Waals surface area (Å²) in [5.74, 6) is 0.170. The lowest BCUT2D eigenvalue weighted by atomic mass is 10.1.